The first kappa shape index (κ1) is 20.7. The molecular formula is C25H22N4O4. The van der Waals surface area contributed by atoms with Crippen LogP contribution in [0.25, 0.3) is 22.6 Å². The van der Waals surface area contributed by atoms with E-state index in [1.165, 1.54) is 6.07 Å². The van der Waals surface area contributed by atoms with Crippen LogP contribution in [0.5, 0.6) is 0 Å². The SMILES string of the molecule is Cc1ccc2nc(-c3cccc(NC(=O)c4ccc(N5CCCC5)c([N+](=O)[O-])c4)c3)oc2c1. The van der Waals surface area contributed by atoms with E-state index in [0.29, 0.717) is 22.8 Å². The third-order valence-electron chi connectivity index (χ3n) is 5.79. The Bertz CT molecular complexity index is 1370. The molecule has 1 N–H and O–H groups in total. The Labute approximate surface area is 190 Å². The van der Waals surface area contributed by atoms with Crippen molar-refractivity contribution in [2.75, 3.05) is 23.3 Å². The second-order valence-corrected chi connectivity index (χ2v) is 8.18. The fourth-order valence-corrected chi connectivity index (χ4v) is 4.12. The van der Waals surface area contributed by atoms with Gasteiger partial charge in [0.05, 0.1) is 4.92 Å². The lowest BCUT2D eigenvalue weighted by Crippen LogP contribution is -2.19. The maximum absolute atomic E-state index is 12.9. The van der Waals surface area contributed by atoms with Crippen LogP contribution >= 0.6 is 0 Å². The first-order valence-electron chi connectivity index (χ1n) is 10.8. The summed E-state index contributed by atoms with van der Waals surface area (Å²) in [7, 11) is 0. The summed E-state index contributed by atoms with van der Waals surface area (Å²) in [4.78, 5) is 30.6. The van der Waals surface area contributed by atoms with Crippen molar-refractivity contribution in [3.8, 4) is 11.5 Å². The average Bonchev–Trinajstić information content (AvgIpc) is 3.48. The summed E-state index contributed by atoms with van der Waals surface area (Å²) in [6.07, 6.45) is 2.02. The summed E-state index contributed by atoms with van der Waals surface area (Å²) >= 11 is 0. The highest BCUT2D eigenvalue weighted by Gasteiger charge is 2.24. The van der Waals surface area contributed by atoms with Crippen LogP contribution in [0.2, 0.25) is 0 Å². The number of nitrogens with zero attached hydrogens (tertiary/aromatic N) is 3. The Balaban J connectivity index is 1.39. The number of carbonyl (C=O) groups excluding carboxylic acids is 1. The molecule has 3 aromatic carbocycles. The molecule has 0 radical (unpaired) electrons. The van der Waals surface area contributed by atoms with Crippen LogP contribution < -0.4 is 10.2 Å². The number of nitro groups is 1. The predicted octanol–water partition coefficient (Wildman–Crippen LogP) is 5.56. The van der Waals surface area contributed by atoms with Crippen molar-refractivity contribution >= 4 is 34.1 Å². The second-order valence-electron chi connectivity index (χ2n) is 8.18. The summed E-state index contributed by atoms with van der Waals surface area (Å²) in [5.74, 6) is 0.0358. The van der Waals surface area contributed by atoms with Crippen molar-refractivity contribution in [2.24, 2.45) is 0 Å². The molecule has 2 heterocycles. The Kier molecular flexibility index (Phi) is 5.26. The zero-order valence-corrected chi connectivity index (χ0v) is 18.1. The van der Waals surface area contributed by atoms with E-state index in [4.69, 9.17) is 4.42 Å². The topological polar surface area (TPSA) is 102 Å². The molecule has 1 saturated heterocycles. The Morgan fingerprint density at radius 1 is 1.09 bits per heavy atom. The molecule has 8 heteroatoms. The van der Waals surface area contributed by atoms with Gasteiger partial charge < -0.3 is 14.6 Å². The van der Waals surface area contributed by atoms with Crippen molar-refractivity contribution in [1.29, 1.82) is 0 Å². The Morgan fingerprint density at radius 2 is 1.91 bits per heavy atom. The number of aryl methyl sites for hydroxylation is 1. The smallest absolute Gasteiger partial charge is 0.293 e. The van der Waals surface area contributed by atoms with Crippen LogP contribution in [0.4, 0.5) is 17.1 Å². The molecule has 0 unspecified atom stereocenters. The van der Waals surface area contributed by atoms with Crippen LogP contribution in [0.3, 0.4) is 0 Å². The van der Waals surface area contributed by atoms with Gasteiger partial charge in [0, 0.05) is 36.0 Å². The minimum atomic E-state index is -0.431. The van der Waals surface area contributed by atoms with Crippen molar-refractivity contribution in [2.45, 2.75) is 19.8 Å². The standard InChI is InChI=1S/C25H22N4O4/c1-16-7-9-20-23(13-16)33-25(27-20)18-5-4-6-19(14-18)26-24(30)17-8-10-21(22(15-17)29(31)32)28-11-2-3-12-28/h4-10,13-15H,2-3,11-12H2,1H3,(H,26,30). The number of oxazole rings is 1. The number of hydrogen-bond donors (Lipinski definition) is 1. The van der Waals surface area contributed by atoms with Gasteiger partial charge in [-0.05, 0) is 67.8 Å². The lowest BCUT2D eigenvalue weighted by atomic mass is 10.1. The van der Waals surface area contributed by atoms with Gasteiger partial charge in [0.2, 0.25) is 5.89 Å². The van der Waals surface area contributed by atoms with E-state index in [0.717, 1.165) is 42.6 Å². The normalized spacial score (nSPS) is 13.4. The highest BCUT2D eigenvalue weighted by Crippen LogP contribution is 2.32. The highest BCUT2D eigenvalue weighted by atomic mass is 16.6. The first-order valence-corrected chi connectivity index (χ1v) is 10.8. The van der Waals surface area contributed by atoms with Crippen LogP contribution in [-0.4, -0.2) is 28.9 Å². The number of rotatable bonds is 5. The van der Waals surface area contributed by atoms with Gasteiger partial charge >= 0.3 is 0 Å². The third-order valence-corrected chi connectivity index (χ3v) is 5.79. The third kappa shape index (κ3) is 4.15. The van der Waals surface area contributed by atoms with Crippen molar-refractivity contribution in [3.05, 3.63) is 81.9 Å². The molecule has 5 rings (SSSR count). The molecule has 1 aliphatic rings. The van der Waals surface area contributed by atoms with Crippen LogP contribution in [-0.2, 0) is 0 Å². The number of hydrogen-bond acceptors (Lipinski definition) is 6. The van der Waals surface area contributed by atoms with E-state index in [9.17, 15) is 14.9 Å². The van der Waals surface area contributed by atoms with Gasteiger partial charge in [0.15, 0.2) is 5.58 Å². The minimum Gasteiger partial charge on any atom is -0.436 e. The van der Waals surface area contributed by atoms with Gasteiger partial charge in [-0.15, -0.1) is 0 Å². The number of amides is 1. The molecule has 1 fully saturated rings. The average molecular weight is 442 g/mol. The van der Waals surface area contributed by atoms with Crippen LogP contribution in [0.1, 0.15) is 28.8 Å². The molecule has 4 aromatic rings. The molecule has 0 saturated carbocycles. The molecule has 0 aliphatic carbocycles. The zero-order chi connectivity index (χ0) is 22.9. The highest BCUT2D eigenvalue weighted by molar-refractivity contribution is 6.05. The van der Waals surface area contributed by atoms with Crippen molar-refractivity contribution < 1.29 is 14.1 Å². The van der Waals surface area contributed by atoms with E-state index in [-0.39, 0.29) is 11.3 Å². The first-order chi connectivity index (χ1) is 16.0. The minimum absolute atomic E-state index is 0.0555. The molecule has 1 aromatic heterocycles. The lowest BCUT2D eigenvalue weighted by Gasteiger charge is -2.17. The maximum Gasteiger partial charge on any atom is 0.293 e. The van der Waals surface area contributed by atoms with Gasteiger partial charge in [0.25, 0.3) is 11.6 Å². The summed E-state index contributed by atoms with van der Waals surface area (Å²) in [5, 5.41) is 14.5. The van der Waals surface area contributed by atoms with Crippen LogP contribution in [0.15, 0.2) is 65.1 Å². The molecule has 33 heavy (non-hydrogen) atoms. The molecule has 0 spiro atoms. The van der Waals surface area contributed by atoms with Gasteiger partial charge in [-0.3, -0.25) is 14.9 Å². The largest absolute Gasteiger partial charge is 0.436 e. The molecule has 1 aliphatic heterocycles. The number of benzene rings is 3. The zero-order valence-electron chi connectivity index (χ0n) is 18.1. The van der Waals surface area contributed by atoms with Gasteiger partial charge in [-0.1, -0.05) is 12.1 Å². The summed E-state index contributed by atoms with van der Waals surface area (Å²) < 4.78 is 5.88. The van der Waals surface area contributed by atoms with Gasteiger partial charge in [0.1, 0.15) is 11.2 Å². The monoisotopic (exact) mass is 442 g/mol. The number of nitro benzene ring substituents is 1. The van der Waals surface area contributed by atoms with Gasteiger partial charge in [-0.25, -0.2) is 4.98 Å². The summed E-state index contributed by atoms with van der Waals surface area (Å²) in [6.45, 7) is 3.56. The molecule has 8 nitrogen and oxygen atoms in total. The van der Waals surface area contributed by atoms with Gasteiger partial charge in [-0.2, -0.15) is 0 Å². The van der Waals surface area contributed by atoms with Crippen molar-refractivity contribution in [3.63, 3.8) is 0 Å². The summed E-state index contributed by atoms with van der Waals surface area (Å²) in [6, 6.07) is 17.6. The number of nitrogens with one attached hydrogen (secondary N) is 1. The number of aromatic nitrogens is 1. The Hall–Kier alpha value is -4.20. The van der Waals surface area contributed by atoms with E-state index in [1.807, 2.05) is 36.1 Å². The Morgan fingerprint density at radius 3 is 2.70 bits per heavy atom. The molecule has 1 amide bonds. The fourth-order valence-electron chi connectivity index (χ4n) is 4.12. The maximum atomic E-state index is 12.9. The molecule has 0 atom stereocenters. The number of carbonyl (C=O) groups is 1. The lowest BCUT2D eigenvalue weighted by molar-refractivity contribution is -0.384. The summed E-state index contributed by atoms with van der Waals surface area (Å²) in [5.41, 5.74) is 4.53. The molecule has 0 bridgehead atoms. The fraction of sp³-hybridized carbons (Fsp3) is 0.200. The van der Waals surface area contributed by atoms with E-state index in [2.05, 4.69) is 10.3 Å². The predicted molar refractivity (Wildman–Crippen MR) is 127 cm³/mol. The van der Waals surface area contributed by atoms with E-state index in [1.54, 1.807) is 30.3 Å². The quantitative estimate of drug-likeness (QED) is 0.321. The molecular weight excluding hydrogens is 420 g/mol. The van der Waals surface area contributed by atoms with Crippen LogP contribution in [0, 0.1) is 17.0 Å². The van der Waals surface area contributed by atoms with Crippen molar-refractivity contribution in [1.82, 2.24) is 4.98 Å². The molecule has 166 valence electrons. The number of anilines is 2. The number of fused-ring (bicyclic) bond motifs is 1. The van der Waals surface area contributed by atoms with E-state index < -0.39 is 10.8 Å². The van der Waals surface area contributed by atoms with E-state index >= 15 is 0 Å². The second kappa shape index (κ2) is 8.38.